The quantitative estimate of drug-likeness (QED) is 0.827. The van der Waals surface area contributed by atoms with Crippen molar-refractivity contribution in [2.24, 2.45) is 11.7 Å². The average Bonchev–Trinajstić information content (AvgIpc) is 2.83. The second kappa shape index (κ2) is 6.14. The summed E-state index contributed by atoms with van der Waals surface area (Å²) in [4.78, 5) is 12.7. The Balaban J connectivity index is 1.90. The molecule has 17 heavy (non-hydrogen) atoms. The number of carbonyl (C=O) groups excluding carboxylic acids is 1. The van der Waals surface area contributed by atoms with Gasteiger partial charge in [-0.05, 0) is 24.3 Å². The highest BCUT2D eigenvalue weighted by atomic mass is 32.1. The molecule has 1 aromatic rings. The van der Waals surface area contributed by atoms with Crippen LogP contribution in [0.1, 0.15) is 17.7 Å². The number of thiophene rings is 1. The van der Waals surface area contributed by atoms with Crippen molar-refractivity contribution in [1.29, 1.82) is 0 Å². The Hall–Kier alpha value is -0.910. The van der Waals surface area contributed by atoms with Gasteiger partial charge in [0.25, 0.3) is 0 Å². The van der Waals surface area contributed by atoms with Gasteiger partial charge >= 0.3 is 0 Å². The third kappa shape index (κ3) is 3.52. The van der Waals surface area contributed by atoms with Crippen LogP contribution < -0.4 is 11.1 Å². The Morgan fingerprint density at radius 3 is 3.18 bits per heavy atom. The molecule has 2 heterocycles. The predicted octanol–water partition coefficient (Wildman–Crippen LogP) is 1.12. The Labute approximate surface area is 105 Å². The molecule has 0 bridgehead atoms. The summed E-state index contributed by atoms with van der Waals surface area (Å²) < 4.78 is 5.41. The first-order valence-corrected chi connectivity index (χ1v) is 6.78. The lowest BCUT2D eigenvalue weighted by Gasteiger charge is -2.28. The molecular formula is C12H18N2O2S. The van der Waals surface area contributed by atoms with E-state index < -0.39 is 0 Å². The third-order valence-electron chi connectivity index (χ3n) is 3.05. The van der Waals surface area contributed by atoms with Gasteiger partial charge in [-0.3, -0.25) is 4.79 Å². The minimum Gasteiger partial charge on any atom is -0.381 e. The van der Waals surface area contributed by atoms with Crippen molar-refractivity contribution >= 4 is 17.2 Å². The summed E-state index contributed by atoms with van der Waals surface area (Å²) in [5, 5.41) is 5.27. The molecule has 1 aromatic heterocycles. The van der Waals surface area contributed by atoms with Crippen molar-refractivity contribution in [3.05, 3.63) is 22.4 Å². The molecule has 0 aromatic carbocycles. The van der Waals surface area contributed by atoms with Gasteiger partial charge in [0, 0.05) is 23.9 Å². The summed E-state index contributed by atoms with van der Waals surface area (Å²) in [7, 11) is 0. The molecule has 3 N–H and O–H groups in total. The second-order valence-corrected chi connectivity index (χ2v) is 5.35. The Kier molecular flexibility index (Phi) is 4.53. The fourth-order valence-electron chi connectivity index (χ4n) is 2.15. The van der Waals surface area contributed by atoms with Crippen LogP contribution in [0.3, 0.4) is 0 Å². The highest BCUT2D eigenvalue weighted by molar-refractivity contribution is 7.09. The third-order valence-corrected chi connectivity index (χ3v) is 3.93. The van der Waals surface area contributed by atoms with Gasteiger partial charge in [-0.15, -0.1) is 11.3 Å². The summed E-state index contributed by atoms with van der Waals surface area (Å²) >= 11 is 1.68. The van der Waals surface area contributed by atoms with E-state index in [0.717, 1.165) is 19.4 Å². The number of ether oxygens (including phenoxy) is 1. The molecule has 1 amide bonds. The zero-order valence-electron chi connectivity index (χ0n) is 9.72. The van der Waals surface area contributed by atoms with E-state index in [2.05, 4.69) is 5.32 Å². The van der Waals surface area contributed by atoms with Crippen molar-refractivity contribution < 1.29 is 9.53 Å². The van der Waals surface area contributed by atoms with Gasteiger partial charge in [0.05, 0.1) is 12.6 Å². The summed E-state index contributed by atoms with van der Waals surface area (Å²) in [6, 6.07) is 3.77. The number of rotatable bonds is 5. The molecule has 2 rings (SSSR count). The Morgan fingerprint density at radius 1 is 1.71 bits per heavy atom. The van der Waals surface area contributed by atoms with Gasteiger partial charge in [0.15, 0.2) is 0 Å². The Morgan fingerprint density at radius 2 is 2.59 bits per heavy atom. The van der Waals surface area contributed by atoms with E-state index in [1.807, 2.05) is 17.5 Å². The number of nitrogens with two attached hydrogens (primary N) is 1. The standard InChI is InChI=1S/C12H18N2O2S/c13-12(15)11(9-3-1-5-16-8-9)14-7-10-4-2-6-17-10/h2,4,6,9,11,14H,1,3,5,7-8H2,(H2,13,15). The van der Waals surface area contributed by atoms with Crippen LogP contribution in [0.5, 0.6) is 0 Å². The zero-order valence-corrected chi connectivity index (χ0v) is 10.5. The van der Waals surface area contributed by atoms with Crippen molar-refractivity contribution in [1.82, 2.24) is 5.32 Å². The van der Waals surface area contributed by atoms with E-state index in [9.17, 15) is 4.79 Å². The van der Waals surface area contributed by atoms with Gasteiger partial charge in [0.1, 0.15) is 0 Å². The van der Waals surface area contributed by atoms with E-state index in [0.29, 0.717) is 13.2 Å². The molecule has 2 atom stereocenters. The fourth-order valence-corrected chi connectivity index (χ4v) is 2.81. The predicted molar refractivity (Wildman–Crippen MR) is 67.7 cm³/mol. The molecule has 4 nitrogen and oxygen atoms in total. The molecule has 0 radical (unpaired) electrons. The van der Waals surface area contributed by atoms with E-state index >= 15 is 0 Å². The maximum atomic E-state index is 11.5. The first-order valence-electron chi connectivity index (χ1n) is 5.90. The SMILES string of the molecule is NC(=O)C(NCc1cccs1)C1CCCOC1. The summed E-state index contributed by atoms with van der Waals surface area (Å²) in [6.07, 6.45) is 2.01. The smallest absolute Gasteiger partial charge is 0.234 e. The second-order valence-electron chi connectivity index (χ2n) is 4.32. The Bertz CT molecular complexity index is 347. The zero-order chi connectivity index (χ0) is 12.1. The van der Waals surface area contributed by atoms with Crippen LogP contribution in [-0.2, 0) is 16.1 Å². The lowest BCUT2D eigenvalue weighted by Crippen LogP contribution is -2.48. The topological polar surface area (TPSA) is 64.4 Å². The van der Waals surface area contributed by atoms with E-state index in [4.69, 9.17) is 10.5 Å². The summed E-state index contributed by atoms with van der Waals surface area (Å²) in [5.41, 5.74) is 5.45. The lowest BCUT2D eigenvalue weighted by atomic mass is 9.93. The monoisotopic (exact) mass is 254 g/mol. The van der Waals surface area contributed by atoms with Crippen LogP contribution in [-0.4, -0.2) is 25.2 Å². The molecule has 94 valence electrons. The molecule has 1 aliphatic heterocycles. The van der Waals surface area contributed by atoms with Gasteiger partial charge < -0.3 is 15.8 Å². The first kappa shape index (κ1) is 12.5. The maximum absolute atomic E-state index is 11.5. The molecule has 0 spiro atoms. The number of carbonyl (C=O) groups is 1. The van der Waals surface area contributed by atoms with E-state index in [1.54, 1.807) is 11.3 Å². The van der Waals surface area contributed by atoms with Crippen molar-refractivity contribution in [2.75, 3.05) is 13.2 Å². The number of hydrogen-bond acceptors (Lipinski definition) is 4. The average molecular weight is 254 g/mol. The van der Waals surface area contributed by atoms with Crippen molar-refractivity contribution in [2.45, 2.75) is 25.4 Å². The van der Waals surface area contributed by atoms with Crippen LogP contribution in [0.4, 0.5) is 0 Å². The molecule has 0 saturated carbocycles. The molecule has 0 aliphatic carbocycles. The fraction of sp³-hybridized carbons (Fsp3) is 0.583. The lowest BCUT2D eigenvalue weighted by molar-refractivity contribution is -0.122. The van der Waals surface area contributed by atoms with Crippen molar-refractivity contribution in [3.8, 4) is 0 Å². The van der Waals surface area contributed by atoms with E-state index in [1.165, 1.54) is 4.88 Å². The maximum Gasteiger partial charge on any atom is 0.234 e. The van der Waals surface area contributed by atoms with Crippen LogP contribution in [0.15, 0.2) is 17.5 Å². The normalized spacial score (nSPS) is 22.2. The van der Waals surface area contributed by atoms with Gasteiger partial charge in [-0.2, -0.15) is 0 Å². The molecule has 1 saturated heterocycles. The summed E-state index contributed by atoms with van der Waals surface area (Å²) in [6.45, 7) is 2.12. The van der Waals surface area contributed by atoms with Crippen LogP contribution in [0.2, 0.25) is 0 Å². The highest BCUT2D eigenvalue weighted by Gasteiger charge is 2.28. The highest BCUT2D eigenvalue weighted by Crippen LogP contribution is 2.18. The molecule has 1 aliphatic rings. The molecule has 5 heteroatoms. The molecule has 2 unspecified atom stereocenters. The largest absolute Gasteiger partial charge is 0.381 e. The van der Waals surface area contributed by atoms with E-state index in [-0.39, 0.29) is 17.9 Å². The van der Waals surface area contributed by atoms with Crippen molar-refractivity contribution in [3.63, 3.8) is 0 Å². The van der Waals surface area contributed by atoms with Gasteiger partial charge in [-0.1, -0.05) is 6.07 Å². The molecular weight excluding hydrogens is 236 g/mol. The first-order chi connectivity index (χ1) is 8.27. The van der Waals surface area contributed by atoms with Crippen LogP contribution >= 0.6 is 11.3 Å². The number of primary amides is 1. The summed E-state index contributed by atoms with van der Waals surface area (Å²) in [5.74, 6) is -0.0710. The number of amides is 1. The number of hydrogen-bond donors (Lipinski definition) is 2. The van der Waals surface area contributed by atoms with Gasteiger partial charge in [0.2, 0.25) is 5.91 Å². The molecule has 1 fully saturated rings. The van der Waals surface area contributed by atoms with Crippen LogP contribution in [0.25, 0.3) is 0 Å². The number of nitrogens with one attached hydrogen (secondary N) is 1. The minimum atomic E-state index is -0.281. The van der Waals surface area contributed by atoms with Crippen LogP contribution in [0, 0.1) is 5.92 Å². The van der Waals surface area contributed by atoms with Gasteiger partial charge in [-0.25, -0.2) is 0 Å². The minimum absolute atomic E-state index is 0.209.